The Kier molecular flexibility index (Phi) is 4.06. The molecule has 0 aromatic heterocycles. The highest BCUT2D eigenvalue weighted by molar-refractivity contribution is 6.39. The van der Waals surface area contributed by atoms with Gasteiger partial charge in [0.2, 0.25) is 0 Å². The topological polar surface area (TPSA) is 52.9 Å². The number of para-hydroxylation sites is 2. The van der Waals surface area contributed by atoms with Crippen LogP contribution in [0.5, 0.6) is 0 Å². The first-order valence-corrected chi connectivity index (χ1v) is 6.13. The second-order valence-electron chi connectivity index (χ2n) is 3.71. The van der Waals surface area contributed by atoms with Gasteiger partial charge in [0.15, 0.2) is 0 Å². The molecule has 2 rings (SSSR count). The van der Waals surface area contributed by atoms with Gasteiger partial charge >= 0.3 is 0 Å². The lowest BCUT2D eigenvalue weighted by Crippen LogP contribution is -2.02. The molecule has 94 valence electrons. The number of benzene rings is 2. The third-order valence-electron chi connectivity index (χ3n) is 2.50. The summed E-state index contributed by atoms with van der Waals surface area (Å²) in [7, 11) is 0. The summed E-state index contributed by atoms with van der Waals surface area (Å²) in [6.07, 6.45) is 0. The van der Waals surface area contributed by atoms with Crippen molar-refractivity contribution in [2.24, 2.45) is 0 Å². The van der Waals surface area contributed by atoms with Gasteiger partial charge in [0, 0.05) is 0 Å². The maximum atomic E-state index is 11.5. The average molecular weight is 291 g/mol. The van der Waals surface area contributed by atoms with Crippen LogP contribution in [0.1, 0.15) is 10.4 Å². The van der Waals surface area contributed by atoms with Crippen molar-refractivity contribution in [2.45, 2.75) is 0 Å². The molecule has 5 heteroatoms. The van der Waals surface area contributed by atoms with Gasteiger partial charge < -0.3 is 5.32 Å². The molecular formula is C14H8Cl2N2O. The van der Waals surface area contributed by atoms with E-state index in [1.165, 1.54) is 0 Å². The van der Waals surface area contributed by atoms with E-state index in [4.69, 9.17) is 28.5 Å². The molecule has 0 aliphatic rings. The number of nitriles is 1. The molecule has 0 aliphatic carbocycles. The summed E-state index contributed by atoms with van der Waals surface area (Å²) in [5.41, 5.74) is 1.27. The number of nitrogens with zero attached hydrogens (tertiary/aromatic N) is 1. The molecule has 0 aliphatic heterocycles. The summed E-state index contributed by atoms with van der Waals surface area (Å²) in [5, 5.41) is 12.6. The van der Waals surface area contributed by atoms with Crippen LogP contribution < -0.4 is 5.32 Å². The van der Waals surface area contributed by atoms with Crippen LogP contribution in [0.2, 0.25) is 10.0 Å². The number of anilines is 2. The Labute approximate surface area is 120 Å². The molecule has 0 heterocycles. The fraction of sp³-hybridized carbons (Fsp3) is 0. The molecule has 1 N–H and O–H groups in total. The maximum absolute atomic E-state index is 11.5. The minimum atomic E-state index is -0.619. The molecule has 2 aromatic carbocycles. The SMILES string of the molecule is N#CC(=O)c1ccccc1Nc1c(Cl)cccc1Cl. The molecule has 0 atom stereocenters. The number of halogens is 2. The summed E-state index contributed by atoms with van der Waals surface area (Å²) in [4.78, 5) is 11.5. The second-order valence-corrected chi connectivity index (χ2v) is 4.52. The van der Waals surface area contributed by atoms with E-state index in [1.807, 2.05) is 0 Å². The molecule has 0 unspecified atom stereocenters. The van der Waals surface area contributed by atoms with E-state index in [-0.39, 0.29) is 5.56 Å². The van der Waals surface area contributed by atoms with Gasteiger partial charge in [-0.3, -0.25) is 4.79 Å². The Morgan fingerprint density at radius 1 is 1.05 bits per heavy atom. The van der Waals surface area contributed by atoms with Gasteiger partial charge in [0.25, 0.3) is 5.78 Å². The van der Waals surface area contributed by atoms with Crippen LogP contribution in [0, 0.1) is 11.3 Å². The van der Waals surface area contributed by atoms with Crippen LogP contribution in [0.3, 0.4) is 0 Å². The van der Waals surface area contributed by atoms with Crippen LogP contribution in [-0.2, 0) is 0 Å². The lowest BCUT2D eigenvalue weighted by atomic mass is 10.1. The highest BCUT2D eigenvalue weighted by atomic mass is 35.5. The number of Topliss-reactive ketones (excluding diaryl/α,β-unsaturated/α-hetero) is 1. The molecule has 0 saturated carbocycles. The standard InChI is InChI=1S/C14H8Cl2N2O/c15-10-5-3-6-11(16)14(10)18-12-7-2-1-4-9(12)13(19)8-17/h1-7,18H. The smallest absolute Gasteiger partial charge is 0.264 e. The lowest BCUT2D eigenvalue weighted by molar-refractivity contribution is 0.105. The predicted octanol–water partition coefficient (Wildman–Crippen LogP) is 4.44. The molecule has 2 aromatic rings. The van der Waals surface area contributed by atoms with Gasteiger partial charge in [-0.15, -0.1) is 0 Å². The van der Waals surface area contributed by atoms with E-state index >= 15 is 0 Å². The first-order valence-electron chi connectivity index (χ1n) is 5.38. The van der Waals surface area contributed by atoms with Crippen molar-refractivity contribution >= 4 is 40.4 Å². The van der Waals surface area contributed by atoms with E-state index in [1.54, 1.807) is 48.5 Å². The van der Waals surface area contributed by atoms with E-state index in [0.29, 0.717) is 21.4 Å². The predicted molar refractivity (Wildman–Crippen MR) is 76.1 cm³/mol. The Balaban J connectivity index is 2.45. The van der Waals surface area contributed by atoms with Gasteiger partial charge in [0.1, 0.15) is 6.07 Å². The number of rotatable bonds is 3. The second kappa shape index (κ2) is 5.75. The van der Waals surface area contributed by atoms with Crippen LogP contribution in [0.4, 0.5) is 11.4 Å². The van der Waals surface area contributed by atoms with Gasteiger partial charge in [-0.1, -0.05) is 41.4 Å². The zero-order valence-corrected chi connectivity index (χ0v) is 11.2. The third kappa shape index (κ3) is 2.87. The highest BCUT2D eigenvalue weighted by Crippen LogP contribution is 2.33. The minimum Gasteiger partial charge on any atom is -0.352 e. The lowest BCUT2D eigenvalue weighted by Gasteiger charge is -2.12. The van der Waals surface area contributed by atoms with E-state index in [0.717, 1.165) is 0 Å². The summed E-state index contributed by atoms with van der Waals surface area (Å²) in [6, 6.07) is 13.4. The summed E-state index contributed by atoms with van der Waals surface area (Å²) < 4.78 is 0. The van der Waals surface area contributed by atoms with Gasteiger partial charge in [-0.25, -0.2) is 0 Å². The average Bonchev–Trinajstić information content (AvgIpc) is 2.42. The monoisotopic (exact) mass is 290 g/mol. The number of nitrogens with one attached hydrogen (secondary N) is 1. The molecule has 0 amide bonds. The molecule has 3 nitrogen and oxygen atoms in total. The van der Waals surface area contributed by atoms with Crippen molar-refractivity contribution in [3.63, 3.8) is 0 Å². The molecule has 0 spiro atoms. The normalized spacial score (nSPS) is 9.74. The maximum Gasteiger partial charge on any atom is 0.264 e. The number of carbonyl (C=O) groups is 1. The molecule has 19 heavy (non-hydrogen) atoms. The molecule has 0 bridgehead atoms. The Morgan fingerprint density at radius 3 is 2.32 bits per heavy atom. The zero-order valence-electron chi connectivity index (χ0n) is 9.65. The van der Waals surface area contributed by atoms with Crippen molar-refractivity contribution in [3.05, 3.63) is 58.1 Å². The molecule has 0 saturated heterocycles. The van der Waals surface area contributed by atoms with Crippen LogP contribution in [0.15, 0.2) is 42.5 Å². The van der Waals surface area contributed by atoms with Crippen molar-refractivity contribution in [2.75, 3.05) is 5.32 Å². The summed E-state index contributed by atoms with van der Waals surface area (Å²) in [6.45, 7) is 0. The highest BCUT2D eigenvalue weighted by Gasteiger charge is 2.12. The largest absolute Gasteiger partial charge is 0.352 e. The van der Waals surface area contributed by atoms with Crippen LogP contribution >= 0.6 is 23.2 Å². The Hall–Kier alpha value is -2.02. The van der Waals surface area contributed by atoms with Gasteiger partial charge in [0.05, 0.1) is 27.0 Å². The first-order chi connectivity index (χ1) is 9.13. The number of ketones is 1. The van der Waals surface area contributed by atoms with Crippen molar-refractivity contribution in [1.82, 2.24) is 0 Å². The van der Waals surface area contributed by atoms with E-state index < -0.39 is 5.78 Å². The van der Waals surface area contributed by atoms with Crippen molar-refractivity contribution in [1.29, 1.82) is 5.26 Å². The van der Waals surface area contributed by atoms with Crippen molar-refractivity contribution < 1.29 is 4.79 Å². The number of hydrogen-bond acceptors (Lipinski definition) is 3. The van der Waals surface area contributed by atoms with E-state index in [2.05, 4.69) is 5.32 Å². The fourth-order valence-corrected chi connectivity index (χ4v) is 2.09. The van der Waals surface area contributed by atoms with Crippen LogP contribution in [0.25, 0.3) is 0 Å². The minimum absolute atomic E-state index is 0.279. The number of hydrogen-bond donors (Lipinski definition) is 1. The fourth-order valence-electron chi connectivity index (χ4n) is 1.60. The molecule has 0 fully saturated rings. The Morgan fingerprint density at radius 2 is 1.68 bits per heavy atom. The van der Waals surface area contributed by atoms with Gasteiger partial charge in [-0.05, 0) is 24.3 Å². The Bertz CT molecular complexity index is 657. The van der Waals surface area contributed by atoms with Gasteiger partial charge in [-0.2, -0.15) is 5.26 Å². The first kappa shape index (κ1) is 13.4. The molecule has 0 radical (unpaired) electrons. The zero-order chi connectivity index (χ0) is 13.8. The van der Waals surface area contributed by atoms with Crippen molar-refractivity contribution in [3.8, 4) is 6.07 Å². The third-order valence-corrected chi connectivity index (χ3v) is 3.13. The summed E-state index contributed by atoms with van der Waals surface area (Å²) >= 11 is 12.1. The number of carbonyl (C=O) groups excluding carboxylic acids is 1. The quantitative estimate of drug-likeness (QED) is 0.671. The molecular weight excluding hydrogens is 283 g/mol. The summed E-state index contributed by atoms with van der Waals surface area (Å²) in [5.74, 6) is -0.619. The van der Waals surface area contributed by atoms with Crippen LogP contribution in [-0.4, -0.2) is 5.78 Å². The van der Waals surface area contributed by atoms with E-state index in [9.17, 15) is 4.79 Å².